The monoisotopic (exact) mass is 982 g/mol. The molecule has 4 atom stereocenters. The molecule has 3 fully saturated rings. The van der Waals surface area contributed by atoms with E-state index in [9.17, 15) is 28.8 Å². The van der Waals surface area contributed by atoms with Crippen molar-refractivity contribution in [3.8, 4) is 0 Å². The van der Waals surface area contributed by atoms with Crippen molar-refractivity contribution in [3.05, 3.63) is 131 Å². The lowest BCUT2D eigenvalue weighted by Gasteiger charge is -2.39. The minimum absolute atomic E-state index is 0.0201. The van der Waals surface area contributed by atoms with Gasteiger partial charge in [-0.25, -0.2) is 28.7 Å². The predicted octanol–water partition coefficient (Wildman–Crippen LogP) is 13.1. The zero-order valence-electron chi connectivity index (χ0n) is 37.7. The Kier molecular flexibility index (Phi) is 11.1. The Balaban J connectivity index is 1.00. The van der Waals surface area contributed by atoms with E-state index >= 15 is 0 Å². The third-order valence-corrected chi connectivity index (χ3v) is 17.8. The van der Waals surface area contributed by atoms with E-state index in [1.165, 1.54) is 43.1 Å². The maximum atomic E-state index is 14.6. The van der Waals surface area contributed by atoms with Crippen LogP contribution >= 0.6 is 34.0 Å². The van der Waals surface area contributed by atoms with Crippen LogP contribution in [0.3, 0.4) is 0 Å². The van der Waals surface area contributed by atoms with Crippen LogP contribution in [-0.2, 0) is 37.1 Å². The van der Waals surface area contributed by atoms with Gasteiger partial charge in [0.15, 0.2) is 29.3 Å². The minimum Gasteiger partial charge on any atom is -0.444 e. The van der Waals surface area contributed by atoms with Crippen LogP contribution in [0.15, 0.2) is 119 Å². The number of rotatable bonds is 9. The summed E-state index contributed by atoms with van der Waals surface area (Å²) in [5, 5.41) is 2.52. The average Bonchev–Trinajstić information content (AvgIpc) is 4.22. The number of ether oxygens (including phenoxy) is 2. The van der Waals surface area contributed by atoms with E-state index in [1.54, 1.807) is 18.2 Å². The maximum absolute atomic E-state index is 14.6. The van der Waals surface area contributed by atoms with Gasteiger partial charge in [-0.1, -0.05) is 117 Å². The molecule has 5 aromatic heterocycles. The fourth-order valence-corrected chi connectivity index (χ4v) is 14.6. The summed E-state index contributed by atoms with van der Waals surface area (Å²) in [4.78, 5) is 93.3. The minimum atomic E-state index is -0.726. The molecule has 12 nitrogen and oxygen atoms in total. The van der Waals surface area contributed by atoms with E-state index in [0.29, 0.717) is 80.1 Å². The molecule has 0 aliphatic heterocycles. The number of ketones is 3. The molecule has 3 aliphatic rings. The van der Waals surface area contributed by atoms with Crippen LogP contribution in [0.4, 0.5) is 19.6 Å². The molecular weight excluding hydrogens is 941 g/mol. The van der Waals surface area contributed by atoms with Gasteiger partial charge in [0, 0.05) is 17.4 Å². The Hall–Kier alpha value is -7.20. The van der Waals surface area contributed by atoms with E-state index in [1.807, 2.05) is 97.9 Å². The summed E-state index contributed by atoms with van der Waals surface area (Å²) in [6.45, 7) is 1.74. The zero-order valence-corrected chi connectivity index (χ0v) is 40.2. The Morgan fingerprint density at radius 1 is 0.643 bits per heavy atom. The number of thiophene rings is 3. The molecule has 5 heterocycles. The van der Waals surface area contributed by atoms with Crippen molar-refractivity contribution in [2.45, 2.75) is 58.7 Å². The summed E-state index contributed by atoms with van der Waals surface area (Å²) >= 11 is 3.81. The van der Waals surface area contributed by atoms with Crippen molar-refractivity contribution >= 4 is 143 Å². The first-order valence-corrected chi connectivity index (χ1v) is 25.8. The van der Waals surface area contributed by atoms with Crippen LogP contribution in [0, 0.1) is 30.6 Å². The first kappa shape index (κ1) is 44.0. The van der Waals surface area contributed by atoms with Gasteiger partial charge in [-0.2, -0.15) is 0 Å². The first-order valence-electron chi connectivity index (χ1n) is 23.4. The molecule has 0 bridgehead atoms. The molecule has 4 aromatic carbocycles. The van der Waals surface area contributed by atoms with E-state index in [4.69, 9.17) is 14.5 Å². The molecule has 12 rings (SSSR count). The molecule has 4 unspecified atom stereocenters. The van der Waals surface area contributed by atoms with Gasteiger partial charge in [-0.15, -0.1) is 34.0 Å². The van der Waals surface area contributed by atoms with Crippen LogP contribution in [0.5, 0.6) is 0 Å². The lowest BCUT2D eigenvalue weighted by atomic mass is 9.64. The fourth-order valence-electron chi connectivity index (χ4n) is 11.0. The third-order valence-electron chi connectivity index (χ3n) is 14.3. The van der Waals surface area contributed by atoms with Crippen molar-refractivity contribution in [2.75, 3.05) is 0 Å². The normalized spacial score (nSPS) is 19.3. The highest BCUT2D eigenvalue weighted by atomic mass is 32.1. The van der Waals surface area contributed by atoms with Crippen molar-refractivity contribution in [1.82, 2.24) is 9.13 Å². The maximum Gasteiger partial charge on any atom is 0.419 e. The molecule has 348 valence electrons. The number of fused-ring (bicyclic) bond motifs is 10. The molecule has 70 heavy (non-hydrogen) atoms. The number of aryl methyl sites for hydroxylation is 1. The zero-order chi connectivity index (χ0) is 47.8. The molecule has 9 aromatic rings. The number of hydrogen-bond acceptors (Lipinski definition) is 13. The number of benzene rings is 4. The molecule has 0 spiro atoms. The fraction of sp³-hybridized carbons (Fsp3) is 0.236. The Morgan fingerprint density at radius 2 is 1.14 bits per heavy atom. The molecular formula is C55H42N4O8S3. The van der Waals surface area contributed by atoms with Gasteiger partial charge < -0.3 is 9.47 Å². The van der Waals surface area contributed by atoms with E-state index in [-0.39, 0.29) is 48.0 Å². The quantitative estimate of drug-likeness (QED) is 0.0599. The Labute approximate surface area is 411 Å². The summed E-state index contributed by atoms with van der Waals surface area (Å²) in [6.07, 6.45) is 4.97. The smallest absolute Gasteiger partial charge is 0.419 e. The molecule has 15 heteroatoms. The number of hydrogen-bond donors (Lipinski definition) is 0. The second kappa shape index (κ2) is 17.6. The van der Waals surface area contributed by atoms with Crippen LogP contribution < -0.4 is 0 Å². The lowest BCUT2D eigenvalue weighted by molar-refractivity contribution is -0.123. The highest BCUT2D eigenvalue weighted by Crippen LogP contribution is 2.52. The van der Waals surface area contributed by atoms with Crippen molar-refractivity contribution in [1.29, 1.82) is 0 Å². The highest BCUT2D eigenvalue weighted by Gasteiger charge is 2.52. The number of aldehydes is 1. The average molecular weight is 983 g/mol. The van der Waals surface area contributed by atoms with Gasteiger partial charge in [0.05, 0.1) is 40.9 Å². The number of nitrogens with zero attached hydrogens (tertiary/aromatic N) is 4. The standard InChI is InChI=1S/C55H42N4O8S3/c1-29-20-32-16-8-9-17-33(32)21-36(29)47(61)39(26-60)56-42-24-40-50(68-42)52-45(58(40)54(64)66-27-30-12-4-2-5-13-30)46-53(70-52)51-41(59(46)55(65)67-28-31-14-6-3-7-15-31)25-43(69-51)57-44-48(62)37-22-34-18-10-11-19-35(34)23-38(37)49(44)63/h2-9,12-17,20-21,24-26,34-35,37-38H,10-11,18-19,22-23,27-28H2,1H3. The molecule has 0 saturated heterocycles. The Morgan fingerprint density at radius 3 is 1.69 bits per heavy atom. The van der Waals surface area contributed by atoms with E-state index < -0.39 is 18.0 Å². The highest BCUT2D eigenvalue weighted by molar-refractivity contribution is 7.35. The van der Waals surface area contributed by atoms with Gasteiger partial charge >= 0.3 is 12.2 Å². The summed E-state index contributed by atoms with van der Waals surface area (Å²) in [5.41, 5.74) is 3.92. The molecule has 3 saturated carbocycles. The third kappa shape index (κ3) is 7.45. The largest absolute Gasteiger partial charge is 0.444 e. The van der Waals surface area contributed by atoms with Crippen LogP contribution in [0.1, 0.15) is 65.6 Å². The van der Waals surface area contributed by atoms with Gasteiger partial charge in [-0.05, 0) is 77.3 Å². The summed E-state index contributed by atoms with van der Waals surface area (Å²) < 4.78 is 17.4. The number of aromatic nitrogens is 2. The second-order valence-electron chi connectivity index (χ2n) is 18.4. The molecule has 0 radical (unpaired) electrons. The van der Waals surface area contributed by atoms with Gasteiger partial charge in [0.25, 0.3) is 0 Å². The number of carbonyl (C=O) groups excluding carboxylic acids is 6. The molecule has 0 N–H and O–H groups in total. The van der Waals surface area contributed by atoms with Crippen molar-refractivity contribution in [2.24, 2.45) is 33.7 Å². The van der Waals surface area contributed by atoms with Crippen LogP contribution in [0.25, 0.3) is 51.6 Å². The molecule has 0 amide bonds. The Bertz CT molecular complexity index is 3710. The van der Waals surface area contributed by atoms with E-state index in [0.717, 1.165) is 60.4 Å². The number of aliphatic imine (C=N–C) groups is 2. The SMILES string of the molecule is Cc1cc2ccccc2cc1C(=O)C(C=O)=Nc1cc2c(s1)c1sc3c4sc(N=C5C(=O)C6CC7CCCCC7CC6C5=O)cc4n(C(=O)OCc4ccccc4)c3c1n2C(=O)OCc1ccccc1. The molecule has 3 aliphatic carbocycles. The number of carbonyl (C=O) groups is 6. The van der Waals surface area contributed by atoms with E-state index in [2.05, 4.69) is 4.99 Å². The lowest BCUT2D eigenvalue weighted by Crippen LogP contribution is -2.35. The van der Waals surface area contributed by atoms with Crippen molar-refractivity contribution < 1.29 is 38.2 Å². The van der Waals surface area contributed by atoms with Gasteiger partial charge in [0.1, 0.15) is 23.2 Å². The van der Waals surface area contributed by atoms with Gasteiger partial charge in [-0.3, -0.25) is 19.2 Å². The number of Topliss-reactive ketones (excluding diaryl/α,β-unsaturated/α-hetero) is 3. The topological polar surface area (TPSA) is 155 Å². The summed E-state index contributed by atoms with van der Waals surface area (Å²) in [6, 6.07) is 33.2. The van der Waals surface area contributed by atoms with Crippen LogP contribution in [0.2, 0.25) is 0 Å². The summed E-state index contributed by atoms with van der Waals surface area (Å²) in [7, 11) is 0. The summed E-state index contributed by atoms with van der Waals surface area (Å²) in [5.74, 6) is -0.692. The second-order valence-corrected chi connectivity index (χ2v) is 21.5. The van der Waals surface area contributed by atoms with Crippen molar-refractivity contribution in [3.63, 3.8) is 0 Å². The first-order chi connectivity index (χ1) is 34.1. The van der Waals surface area contributed by atoms with Crippen LogP contribution in [-0.4, -0.2) is 56.4 Å². The predicted molar refractivity (Wildman–Crippen MR) is 275 cm³/mol. The van der Waals surface area contributed by atoms with Gasteiger partial charge in [0.2, 0.25) is 5.78 Å².